The quantitative estimate of drug-likeness (QED) is 0.604. The molecule has 0 radical (unpaired) electrons. The molecule has 3 rings (SSSR count). The molecular weight excluding hydrogens is 431 g/mol. The van der Waals surface area contributed by atoms with Crippen LogP contribution in [0, 0.1) is 0 Å². The fourth-order valence-electron chi connectivity index (χ4n) is 2.10. The van der Waals surface area contributed by atoms with Crippen LogP contribution in [0.2, 0.25) is 10.0 Å². The Morgan fingerprint density at radius 3 is 2.48 bits per heavy atom. The Labute approximate surface area is 169 Å². The molecule has 0 saturated carbocycles. The van der Waals surface area contributed by atoms with Crippen LogP contribution in [0.4, 0.5) is 10.8 Å². The van der Waals surface area contributed by atoms with Gasteiger partial charge in [0, 0.05) is 12.1 Å². The van der Waals surface area contributed by atoms with Crippen molar-refractivity contribution >= 4 is 61.3 Å². The van der Waals surface area contributed by atoms with Crippen molar-refractivity contribution in [2.24, 2.45) is 0 Å². The zero-order chi connectivity index (χ0) is 19.6. The second-order valence-corrected chi connectivity index (χ2v) is 9.22. The number of carbonyl (C=O) groups is 1. The molecule has 0 aliphatic rings. The molecule has 0 bridgehead atoms. The zero-order valence-electron chi connectivity index (χ0n) is 13.8. The number of aromatic nitrogens is 2. The van der Waals surface area contributed by atoms with E-state index in [0.717, 1.165) is 15.6 Å². The molecule has 0 unspecified atom stereocenters. The Morgan fingerprint density at radius 1 is 1.11 bits per heavy atom. The molecule has 27 heavy (non-hydrogen) atoms. The van der Waals surface area contributed by atoms with Gasteiger partial charge in [-0.05, 0) is 30.3 Å². The molecule has 1 aromatic heterocycles. The number of carbonyl (C=O) groups excluding carboxylic acids is 1. The third-order valence-corrected chi connectivity index (χ3v) is 7.02. The monoisotopic (exact) mass is 442 g/mol. The summed E-state index contributed by atoms with van der Waals surface area (Å²) < 4.78 is 26.2. The van der Waals surface area contributed by atoms with Crippen molar-refractivity contribution in [2.45, 2.75) is 4.34 Å². The van der Waals surface area contributed by atoms with E-state index in [-0.39, 0.29) is 20.1 Å². The summed E-state index contributed by atoms with van der Waals surface area (Å²) >= 11 is 12.5. The van der Waals surface area contributed by atoms with E-state index in [1.54, 1.807) is 30.3 Å². The van der Waals surface area contributed by atoms with E-state index in [1.165, 1.54) is 25.2 Å². The van der Waals surface area contributed by atoms with E-state index in [2.05, 4.69) is 15.5 Å². The number of hydrogen-bond acceptors (Lipinski definition) is 6. The summed E-state index contributed by atoms with van der Waals surface area (Å²) in [5, 5.41) is 10.5. The number of nitrogens with one attached hydrogen (secondary N) is 1. The first-order valence-corrected chi connectivity index (χ1v) is 10.4. The van der Waals surface area contributed by atoms with Crippen molar-refractivity contribution in [1.29, 1.82) is 0 Å². The normalized spacial score (nSPS) is 11.2. The topological polar surface area (TPSA) is 92.3 Å². The second-order valence-electron chi connectivity index (χ2n) is 5.26. The number of hydrogen-bond donors (Lipinski definition) is 1. The third-order valence-electron chi connectivity index (χ3n) is 3.50. The maximum atomic E-state index is 12.7. The molecule has 3 aromatic rings. The number of rotatable bonds is 5. The van der Waals surface area contributed by atoms with E-state index in [1.807, 2.05) is 0 Å². The largest absolute Gasteiger partial charge is 0.296 e. The first-order chi connectivity index (χ1) is 12.8. The van der Waals surface area contributed by atoms with Crippen molar-refractivity contribution in [2.75, 3.05) is 16.7 Å². The second kappa shape index (κ2) is 7.81. The fraction of sp³-hybridized carbons (Fsp3) is 0.0625. The average Bonchev–Trinajstić information content (AvgIpc) is 3.11. The number of nitrogens with zero attached hydrogens (tertiary/aromatic N) is 3. The lowest BCUT2D eigenvalue weighted by atomic mass is 10.2. The Bertz CT molecular complexity index is 1090. The van der Waals surface area contributed by atoms with E-state index >= 15 is 0 Å². The smallest absolute Gasteiger partial charge is 0.293 e. The van der Waals surface area contributed by atoms with Gasteiger partial charge < -0.3 is 0 Å². The Balaban J connectivity index is 1.81. The lowest BCUT2D eigenvalue weighted by Gasteiger charge is -2.16. The van der Waals surface area contributed by atoms with E-state index in [9.17, 15) is 13.2 Å². The van der Waals surface area contributed by atoms with Crippen molar-refractivity contribution in [1.82, 2.24) is 10.2 Å². The zero-order valence-corrected chi connectivity index (χ0v) is 16.9. The number of anilines is 2. The third kappa shape index (κ3) is 4.22. The lowest BCUT2D eigenvalue weighted by Crippen LogP contribution is -2.26. The van der Waals surface area contributed by atoms with Crippen molar-refractivity contribution in [3.63, 3.8) is 0 Å². The minimum absolute atomic E-state index is 0.0334. The van der Waals surface area contributed by atoms with E-state index < -0.39 is 15.9 Å². The van der Waals surface area contributed by atoms with Gasteiger partial charge in [-0.1, -0.05) is 52.7 Å². The highest BCUT2D eigenvalue weighted by molar-refractivity contribution is 7.94. The van der Waals surface area contributed by atoms with Crippen LogP contribution in [0.25, 0.3) is 0 Å². The van der Waals surface area contributed by atoms with Gasteiger partial charge in [0.05, 0.1) is 16.3 Å². The van der Waals surface area contributed by atoms with Gasteiger partial charge >= 0.3 is 0 Å². The summed E-state index contributed by atoms with van der Waals surface area (Å²) in [5.74, 6) is -0.548. The molecule has 0 fully saturated rings. The molecule has 0 atom stereocenters. The number of sulfonamides is 1. The van der Waals surface area contributed by atoms with Crippen LogP contribution >= 0.6 is 34.5 Å². The molecule has 1 amide bonds. The van der Waals surface area contributed by atoms with Crippen molar-refractivity contribution < 1.29 is 13.2 Å². The van der Waals surface area contributed by atoms with Crippen LogP contribution in [0.15, 0.2) is 52.9 Å². The molecule has 2 aromatic carbocycles. The average molecular weight is 443 g/mol. The molecule has 7 nitrogen and oxygen atoms in total. The molecular formula is C16H12Cl2N4O3S2. The number of halogens is 2. The highest BCUT2D eigenvalue weighted by Crippen LogP contribution is 2.27. The van der Waals surface area contributed by atoms with Gasteiger partial charge in [-0.3, -0.25) is 14.4 Å². The molecule has 0 spiro atoms. The molecule has 1 heterocycles. The molecule has 0 aliphatic heterocycles. The van der Waals surface area contributed by atoms with Crippen molar-refractivity contribution in [3.8, 4) is 0 Å². The SMILES string of the molecule is CN(c1ccccc1)S(=O)(=O)c1nnc(NC(=O)c2ccc(Cl)cc2Cl)s1. The summed E-state index contributed by atoms with van der Waals surface area (Å²) in [7, 11) is -2.49. The summed E-state index contributed by atoms with van der Waals surface area (Å²) in [5.41, 5.74) is 0.660. The van der Waals surface area contributed by atoms with Gasteiger partial charge in [0.15, 0.2) is 0 Å². The maximum Gasteiger partial charge on any atom is 0.293 e. The summed E-state index contributed by atoms with van der Waals surface area (Å²) in [6.45, 7) is 0. The van der Waals surface area contributed by atoms with Gasteiger partial charge in [0.2, 0.25) is 5.13 Å². The van der Waals surface area contributed by atoms with Crippen LogP contribution in [0.3, 0.4) is 0 Å². The Morgan fingerprint density at radius 2 is 1.81 bits per heavy atom. The van der Waals surface area contributed by atoms with Gasteiger partial charge in [-0.2, -0.15) is 8.42 Å². The van der Waals surface area contributed by atoms with Crippen LogP contribution < -0.4 is 9.62 Å². The first-order valence-electron chi connectivity index (χ1n) is 7.43. The number of amides is 1. The van der Waals surface area contributed by atoms with Crippen LogP contribution in [-0.4, -0.2) is 31.6 Å². The fourth-order valence-corrected chi connectivity index (χ4v) is 4.83. The maximum absolute atomic E-state index is 12.7. The lowest BCUT2D eigenvalue weighted by molar-refractivity contribution is 0.102. The van der Waals surface area contributed by atoms with Crippen LogP contribution in [0.1, 0.15) is 10.4 Å². The van der Waals surface area contributed by atoms with Crippen LogP contribution in [-0.2, 0) is 10.0 Å². The van der Waals surface area contributed by atoms with Gasteiger partial charge in [0.1, 0.15) is 0 Å². The number of benzene rings is 2. The summed E-state index contributed by atoms with van der Waals surface area (Å²) in [6, 6.07) is 13.0. The molecule has 11 heteroatoms. The van der Waals surface area contributed by atoms with Crippen molar-refractivity contribution in [3.05, 3.63) is 64.1 Å². The Hall–Kier alpha value is -2.20. The Kier molecular flexibility index (Phi) is 5.66. The first kappa shape index (κ1) is 19.6. The van der Waals surface area contributed by atoms with Gasteiger partial charge in [-0.25, -0.2) is 0 Å². The highest BCUT2D eigenvalue weighted by Gasteiger charge is 2.26. The van der Waals surface area contributed by atoms with Gasteiger partial charge in [-0.15, -0.1) is 10.2 Å². The highest BCUT2D eigenvalue weighted by atomic mass is 35.5. The minimum Gasteiger partial charge on any atom is -0.296 e. The molecule has 1 N–H and O–H groups in total. The number of para-hydroxylation sites is 1. The van der Waals surface area contributed by atoms with E-state index in [0.29, 0.717) is 10.7 Å². The van der Waals surface area contributed by atoms with E-state index in [4.69, 9.17) is 23.2 Å². The standard InChI is InChI=1S/C16H12Cl2N4O3S2/c1-22(11-5-3-2-4-6-11)27(24,25)16-21-20-15(26-16)19-14(23)12-8-7-10(17)9-13(12)18/h2-9H,1H3,(H,19,20,23). The van der Waals surface area contributed by atoms with Gasteiger partial charge in [0.25, 0.3) is 20.3 Å². The molecule has 0 aliphatic carbocycles. The summed E-state index contributed by atoms with van der Waals surface area (Å²) in [4.78, 5) is 12.3. The molecule has 140 valence electrons. The molecule has 0 saturated heterocycles. The predicted molar refractivity (Wildman–Crippen MR) is 106 cm³/mol. The minimum atomic E-state index is -3.90. The van der Waals surface area contributed by atoms with Crippen LogP contribution in [0.5, 0.6) is 0 Å². The predicted octanol–water partition coefficient (Wildman–Crippen LogP) is 3.92. The summed E-state index contributed by atoms with van der Waals surface area (Å²) in [6.07, 6.45) is 0.